The number of likely N-dealkylation sites (tertiary alicyclic amines) is 1. The van der Waals surface area contributed by atoms with Crippen molar-refractivity contribution < 1.29 is 9.53 Å². The lowest BCUT2D eigenvalue weighted by Gasteiger charge is -2.27. The second kappa shape index (κ2) is 7.98. The van der Waals surface area contributed by atoms with Crippen molar-refractivity contribution in [1.29, 1.82) is 0 Å². The minimum atomic E-state index is -0.568. The number of carbonyl (C=O) groups excluding carboxylic acids is 1. The van der Waals surface area contributed by atoms with Crippen LogP contribution < -0.4 is 5.73 Å². The largest absolute Gasteiger partial charge is 0.383 e. The molecule has 1 amide bonds. The van der Waals surface area contributed by atoms with Gasteiger partial charge >= 0.3 is 0 Å². The van der Waals surface area contributed by atoms with E-state index in [-0.39, 0.29) is 31.0 Å². The maximum Gasteiger partial charge on any atom is 0.242 e. The van der Waals surface area contributed by atoms with Crippen molar-refractivity contribution in [3.05, 3.63) is 34.3 Å². The van der Waals surface area contributed by atoms with Crippen LogP contribution in [-0.2, 0) is 9.53 Å². The first-order chi connectivity index (χ1) is 9.13. The van der Waals surface area contributed by atoms with E-state index >= 15 is 0 Å². The molecule has 1 saturated heterocycles. The molecule has 1 aliphatic heterocycles. The minimum absolute atomic E-state index is 0. The molecule has 1 fully saturated rings. The van der Waals surface area contributed by atoms with Gasteiger partial charge in [0.05, 0.1) is 12.6 Å². The van der Waals surface area contributed by atoms with Crippen LogP contribution in [0.4, 0.5) is 0 Å². The highest BCUT2D eigenvalue weighted by molar-refractivity contribution is 9.10. The second-order valence-electron chi connectivity index (χ2n) is 4.80. The predicted molar refractivity (Wildman–Crippen MR) is 84.9 cm³/mol. The molecule has 2 atom stereocenters. The molecule has 0 radical (unpaired) electrons. The Bertz CT molecular complexity index is 441. The van der Waals surface area contributed by atoms with Crippen LogP contribution in [0.2, 0.25) is 0 Å². The number of rotatable bonds is 4. The molecular formula is C14H20BrClN2O2. The van der Waals surface area contributed by atoms with Crippen LogP contribution >= 0.6 is 28.3 Å². The number of hydrogen-bond acceptors (Lipinski definition) is 3. The van der Waals surface area contributed by atoms with Crippen molar-refractivity contribution in [2.24, 2.45) is 5.73 Å². The minimum Gasteiger partial charge on any atom is -0.383 e. The Labute approximate surface area is 134 Å². The number of hydrogen-bond donors (Lipinski definition) is 1. The maximum absolute atomic E-state index is 12.3. The van der Waals surface area contributed by atoms with Crippen LogP contribution in [0.1, 0.15) is 24.4 Å². The van der Waals surface area contributed by atoms with E-state index in [9.17, 15) is 4.79 Å². The highest BCUT2D eigenvalue weighted by Gasteiger charge is 2.32. The smallest absolute Gasteiger partial charge is 0.242 e. The average Bonchev–Trinajstić information content (AvgIpc) is 2.88. The molecule has 20 heavy (non-hydrogen) atoms. The molecule has 2 unspecified atom stereocenters. The molecule has 112 valence electrons. The number of amides is 1. The normalized spacial score (nSPS) is 19.6. The summed E-state index contributed by atoms with van der Waals surface area (Å²) in [4.78, 5) is 14.2. The van der Waals surface area contributed by atoms with E-state index in [1.54, 1.807) is 7.11 Å². The summed E-state index contributed by atoms with van der Waals surface area (Å²) in [5.74, 6) is -0.0210. The van der Waals surface area contributed by atoms with Crippen LogP contribution in [0.3, 0.4) is 0 Å². The molecule has 2 N–H and O–H groups in total. The number of carbonyl (C=O) groups is 1. The topological polar surface area (TPSA) is 55.6 Å². The Balaban J connectivity index is 0.00000200. The number of ether oxygens (including phenoxy) is 1. The highest BCUT2D eigenvalue weighted by Crippen LogP contribution is 2.32. The van der Waals surface area contributed by atoms with E-state index in [2.05, 4.69) is 28.1 Å². The molecule has 1 heterocycles. The summed E-state index contributed by atoms with van der Waals surface area (Å²) >= 11 is 3.42. The van der Waals surface area contributed by atoms with Gasteiger partial charge in [0.2, 0.25) is 5.91 Å². The zero-order valence-electron chi connectivity index (χ0n) is 11.4. The second-order valence-corrected chi connectivity index (χ2v) is 5.72. The van der Waals surface area contributed by atoms with Crippen molar-refractivity contribution >= 4 is 34.2 Å². The monoisotopic (exact) mass is 362 g/mol. The third-order valence-corrected chi connectivity index (χ3v) is 3.98. The van der Waals surface area contributed by atoms with Gasteiger partial charge in [0.15, 0.2) is 0 Å². The van der Waals surface area contributed by atoms with Crippen molar-refractivity contribution in [1.82, 2.24) is 4.90 Å². The number of nitrogens with zero attached hydrogens (tertiary/aromatic N) is 1. The van der Waals surface area contributed by atoms with Crippen LogP contribution in [0, 0.1) is 0 Å². The lowest BCUT2D eigenvalue weighted by Crippen LogP contribution is -2.45. The molecule has 0 saturated carbocycles. The summed E-state index contributed by atoms with van der Waals surface area (Å²) in [6, 6.07) is 7.70. The maximum atomic E-state index is 12.3. The van der Waals surface area contributed by atoms with Gasteiger partial charge < -0.3 is 15.4 Å². The Kier molecular flexibility index (Phi) is 6.95. The Morgan fingerprint density at radius 2 is 2.15 bits per heavy atom. The molecule has 1 aromatic carbocycles. The summed E-state index contributed by atoms with van der Waals surface area (Å²) < 4.78 is 6.01. The van der Waals surface area contributed by atoms with E-state index in [0.717, 1.165) is 23.9 Å². The van der Waals surface area contributed by atoms with Gasteiger partial charge in [-0.3, -0.25) is 4.79 Å². The molecule has 0 aromatic heterocycles. The van der Waals surface area contributed by atoms with E-state index in [0.29, 0.717) is 0 Å². The summed E-state index contributed by atoms with van der Waals surface area (Å²) in [7, 11) is 1.56. The Hall–Kier alpha value is -0.620. The molecule has 1 aliphatic rings. The van der Waals surface area contributed by atoms with Crippen LogP contribution in [0.25, 0.3) is 0 Å². The molecule has 0 spiro atoms. The zero-order valence-corrected chi connectivity index (χ0v) is 13.8. The summed E-state index contributed by atoms with van der Waals surface area (Å²) in [5.41, 5.74) is 7.01. The van der Waals surface area contributed by atoms with Crippen LogP contribution in [-0.4, -0.2) is 37.1 Å². The van der Waals surface area contributed by atoms with Gasteiger partial charge in [-0.1, -0.05) is 28.1 Å². The van der Waals surface area contributed by atoms with Crippen LogP contribution in [0.5, 0.6) is 0 Å². The van der Waals surface area contributed by atoms with E-state index < -0.39 is 6.04 Å². The van der Waals surface area contributed by atoms with Gasteiger partial charge in [-0.2, -0.15) is 0 Å². The zero-order chi connectivity index (χ0) is 13.8. The predicted octanol–water partition coefficient (Wildman–Crippen LogP) is 2.51. The number of nitrogens with two attached hydrogens (primary N) is 1. The van der Waals surface area contributed by atoms with Crippen molar-refractivity contribution in [3.8, 4) is 0 Å². The fourth-order valence-electron chi connectivity index (χ4n) is 2.53. The van der Waals surface area contributed by atoms with Gasteiger partial charge in [-0.05, 0) is 30.5 Å². The summed E-state index contributed by atoms with van der Waals surface area (Å²) in [6.07, 6.45) is 2.01. The van der Waals surface area contributed by atoms with Crippen LogP contribution in [0.15, 0.2) is 28.7 Å². The Morgan fingerprint density at radius 3 is 2.75 bits per heavy atom. The molecule has 0 bridgehead atoms. The van der Waals surface area contributed by atoms with Gasteiger partial charge in [-0.25, -0.2) is 0 Å². The highest BCUT2D eigenvalue weighted by atomic mass is 79.9. The first-order valence-electron chi connectivity index (χ1n) is 6.44. The van der Waals surface area contributed by atoms with E-state index in [1.165, 1.54) is 5.56 Å². The van der Waals surface area contributed by atoms with Gasteiger partial charge in [-0.15, -0.1) is 12.4 Å². The Morgan fingerprint density at radius 1 is 1.50 bits per heavy atom. The van der Waals surface area contributed by atoms with Crippen molar-refractivity contribution in [3.63, 3.8) is 0 Å². The molecular weight excluding hydrogens is 344 g/mol. The average molecular weight is 364 g/mol. The van der Waals surface area contributed by atoms with E-state index in [4.69, 9.17) is 10.5 Å². The third-order valence-electron chi connectivity index (χ3n) is 3.45. The molecule has 6 heteroatoms. The van der Waals surface area contributed by atoms with Gasteiger partial charge in [0.1, 0.15) is 6.04 Å². The summed E-state index contributed by atoms with van der Waals surface area (Å²) in [6.45, 7) is 1.04. The van der Waals surface area contributed by atoms with Crippen molar-refractivity contribution in [2.75, 3.05) is 20.3 Å². The first kappa shape index (κ1) is 17.4. The third kappa shape index (κ3) is 3.95. The number of benzene rings is 1. The first-order valence-corrected chi connectivity index (χ1v) is 7.23. The fraction of sp³-hybridized carbons (Fsp3) is 0.500. The van der Waals surface area contributed by atoms with Gasteiger partial charge in [0, 0.05) is 18.1 Å². The van der Waals surface area contributed by atoms with E-state index in [1.807, 2.05) is 17.0 Å². The van der Waals surface area contributed by atoms with Crippen molar-refractivity contribution in [2.45, 2.75) is 24.9 Å². The van der Waals surface area contributed by atoms with Gasteiger partial charge in [0.25, 0.3) is 0 Å². The molecule has 1 aromatic rings. The summed E-state index contributed by atoms with van der Waals surface area (Å²) in [5, 5.41) is 0. The molecule has 2 rings (SSSR count). The number of halogens is 2. The number of methoxy groups -OCH3 is 1. The quantitative estimate of drug-likeness (QED) is 0.894. The molecule has 0 aliphatic carbocycles. The standard InChI is InChI=1S/C14H19BrN2O2.ClH/c1-19-9-12(16)14(18)17-8-2-3-13(17)10-4-6-11(15)7-5-10;/h4-7,12-13H,2-3,8-9,16H2,1H3;1H. The SMILES string of the molecule is COCC(N)C(=O)N1CCCC1c1ccc(Br)cc1.Cl. The molecule has 4 nitrogen and oxygen atoms in total. The fourth-order valence-corrected chi connectivity index (χ4v) is 2.79. The lowest BCUT2D eigenvalue weighted by molar-refractivity contribution is -0.134. The lowest BCUT2D eigenvalue weighted by atomic mass is 10.0.